The summed E-state index contributed by atoms with van der Waals surface area (Å²) >= 11 is 0. The molecule has 11 heteroatoms. The van der Waals surface area contributed by atoms with Gasteiger partial charge in [-0.2, -0.15) is 4.99 Å². The summed E-state index contributed by atoms with van der Waals surface area (Å²) in [6.07, 6.45) is -2.90. The minimum Gasteiger partial charge on any atom is -0.406 e. The highest BCUT2D eigenvalue weighted by atomic mass is 35.5. The number of rotatable bonds is 4. The van der Waals surface area contributed by atoms with E-state index in [0.717, 1.165) is 18.9 Å². The van der Waals surface area contributed by atoms with Crippen LogP contribution in [0.4, 0.5) is 18.9 Å². The topological polar surface area (TPSA) is 98.5 Å². The lowest BCUT2D eigenvalue weighted by Gasteiger charge is -2.32. The normalized spacial score (nSPS) is 16.8. The summed E-state index contributed by atoms with van der Waals surface area (Å²) in [5.41, 5.74) is 11.8. The molecule has 0 spiro atoms. The molecule has 0 bridgehead atoms. The zero-order valence-electron chi connectivity index (χ0n) is 14.8. The summed E-state index contributed by atoms with van der Waals surface area (Å²) in [5, 5.41) is 0. The molecule has 0 aromatic heterocycles. The standard InChI is InChI=1S/C16H22F3N5O2.ClH/c1-2-25-12-6-8-24(9-7-12)15(21)23-14(20)22-11-4-3-5-13(10-11)26-16(17,18)19;/h3-5,10,12H,2,6-9H2,1H3,(H4,20,21,22,23);1H. The van der Waals surface area contributed by atoms with Gasteiger partial charge in [0, 0.05) is 25.8 Å². The van der Waals surface area contributed by atoms with E-state index in [1.807, 2.05) is 11.8 Å². The maximum atomic E-state index is 12.3. The number of ether oxygens (including phenoxy) is 2. The molecule has 1 heterocycles. The number of guanidine groups is 2. The summed E-state index contributed by atoms with van der Waals surface area (Å²) in [6.45, 7) is 3.99. The van der Waals surface area contributed by atoms with E-state index in [0.29, 0.717) is 19.7 Å². The van der Waals surface area contributed by atoms with Crippen molar-refractivity contribution >= 4 is 30.0 Å². The van der Waals surface area contributed by atoms with Gasteiger partial charge in [-0.3, -0.25) is 0 Å². The van der Waals surface area contributed by atoms with E-state index >= 15 is 0 Å². The van der Waals surface area contributed by atoms with Gasteiger partial charge in [0.1, 0.15) is 5.75 Å². The highest BCUT2D eigenvalue weighted by Crippen LogP contribution is 2.26. The van der Waals surface area contributed by atoms with Gasteiger partial charge in [-0.1, -0.05) is 6.07 Å². The molecule has 1 saturated heterocycles. The Kier molecular flexibility index (Phi) is 8.64. The van der Waals surface area contributed by atoms with Crippen LogP contribution in [0.25, 0.3) is 0 Å². The minimum absolute atomic E-state index is 0. The summed E-state index contributed by atoms with van der Waals surface area (Å²) in [7, 11) is 0. The van der Waals surface area contributed by atoms with Gasteiger partial charge in [-0.15, -0.1) is 25.6 Å². The van der Waals surface area contributed by atoms with Gasteiger partial charge in [-0.25, -0.2) is 4.99 Å². The number of halogens is 4. The van der Waals surface area contributed by atoms with Crippen molar-refractivity contribution in [1.29, 1.82) is 0 Å². The lowest BCUT2D eigenvalue weighted by Crippen LogP contribution is -2.45. The first-order valence-corrected chi connectivity index (χ1v) is 8.17. The number of nitrogens with zero attached hydrogens (tertiary/aromatic N) is 3. The molecule has 1 aliphatic rings. The monoisotopic (exact) mass is 409 g/mol. The van der Waals surface area contributed by atoms with Crippen LogP contribution in [0.15, 0.2) is 34.3 Å². The smallest absolute Gasteiger partial charge is 0.406 e. The average molecular weight is 410 g/mol. The average Bonchev–Trinajstić information content (AvgIpc) is 2.54. The van der Waals surface area contributed by atoms with E-state index in [9.17, 15) is 13.2 Å². The van der Waals surface area contributed by atoms with Crippen LogP contribution in [0.2, 0.25) is 0 Å². The van der Waals surface area contributed by atoms with Crippen molar-refractivity contribution in [2.24, 2.45) is 21.5 Å². The third-order valence-corrected chi connectivity index (χ3v) is 3.69. The second kappa shape index (κ2) is 10.2. The van der Waals surface area contributed by atoms with Gasteiger partial charge in [0.2, 0.25) is 5.96 Å². The molecule has 0 atom stereocenters. The van der Waals surface area contributed by atoms with Gasteiger partial charge in [0.05, 0.1) is 11.8 Å². The Morgan fingerprint density at radius 1 is 1.26 bits per heavy atom. The van der Waals surface area contributed by atoms with Gasteiger partial charge in [-0.05, 0) is 31.9 Å². The van der Waals surface area contributed by atoms with Crippen molar-refractivity contribution < 1.29 is 22.6 Å². The molecule has 27 heavy (non-hydrogen) atoms. The molecule has 0 amide bonds. The fourth-order valence-electron chi connectivity index (χ4n) is 2.58. The number of piperidine rings is 1. The first kappa shape index (κ1) is 22.8. The second-order valence-electron chi connectivity index (χ2n) is 5.63. The fraction of sp³-hybridized carbons (Fsp3) is 0.500. The van der Waals surface area contributed by atoms with Crippen molar-refractivity contribution in [2.75, 3.05) is 19.7 Å². The van der Waals surface area contributed by atoms with Crippen molar-refractivity contribution in [3.63, 3.8) is 0 Å². The van der Waals surface area contributed by atoms with E-state index in [1.165, 1.54) is 18.2 Å². The van der Waals surface area contributed by atoms with E-state index in [-0.39, 0.29) is 41.9 Å². The number of benzene rings is 1. The van der Waals surface area contributed by atoms with Gasteiger partial charge in [0.15, 0.2) is 5.96 Å². The molecule has 0 unspecified atom stereocenters. The van der Waals surface area contributed by atoms with Crippen LogP contribution in [0.3, 0.4) is 0 Å². The number of alkyl halides is 3. The van der Waals surface area contributed by atoms with E-state index < -0.39 is 6.36 Å². The van der Waals surface area contributed by atoms with Crippen LogP contribution in [0, 0.1) is 0 Å². The lowest BCUT2D eigenvalue weighted by molar-refractivity contribution is -0.274. The summed E-state index contributed by atoms with van der Waals surface area (Å²) < 4.78 is 46.2. The molecule has 152 valence electrons. The molecule has 1 aromatic rings. The molecular formula is C16H23ClF3N5O2. The van der Waals surface area contributed by atoms with Crippen molar-refractivity contribution in [1.82, 2.24) is 4.90 Å². The van der Waals surface area contributed by atoms with E-state index in [1.54, 1.807) is 0 Å². The molecule has 4 N–H and O–H groups in total. The number of hydrogen-bond acceptors (Lipinski definition) is 3. The molecule has 0 aliphatic carbocycles. The molecule has 1 fully saturated rings. The Hall–Kier alpha value is -2.20. The SMILES string of the molecule is CCOC1CCN(C(N)=NC(N)=Nc2cccc(OC(F)(F)F)c2)CC1.Cl. The summed E-state index contributed by atoms with van der Waals surface area (Å²) in [5.74, 6) is -0.330. The molecule has 1 aromatic carbocycles. The molecule has 7 nitrogen and oxygen atoms in total. The first-order chi connectivity index (χ1) is 12.3. The first-order valence-electron chi connectivity index (χ1n) is 8.17. The van der Waals surface area contributed by atoms with Crippen molar-refractivity contribution in [3.8, 4) is 5.75 Å². The number of nitrogens with two attached hydrogens (primary N) is 2. The predicted octanol–water partition coefficient (Wildman–Crippen LogP) is 2.77. The van der Waals surface area contributed by atoms with Gasteiger partial charge < -0.3 is 25.8 Å². The zero-order chi connectivity index (χ0) is 19.2. The van der Waals surface area contributed by atoms with Crippen molar-refractivity contribution in [2.45, 2.75) is 32.2 Å². The minimum atomic E-state index is -4.77. The van der Waals surface area contributed by atoms with Crippen LogP contribution < -0.4 is 16.2 Å². The summed E-state index contributed by atoms with van der Waals surface area (Å²) in [6, 6.07) is 5.14. The Morgan fingerprint density at radius 3 is 2.52 bits per heavy atom. The van der Waals surface area contributed by atoms with Crippen LogP contribution in [-0.2, 0) is 4.74 Å². The van der Waals surface area contributed by atoms with E-state index in [2.05, 4.69) is 14.7 Å². The van der Waals surface area contributed by atoms with E-state index in [4.69, 9.17) is 16.2 Å². The fourth-order valence-corrected chi connectivity index (χ4v) is 2.58. The largest absolute Gasteiger partial charge is 0.573 e. The Labute approximate surface area is 161 Å². The zero-order valence-corrected chi connectivity index (χ0v) is 15.6. The van der Waals surface area contributed by atoms with Gasteiger partial charge in [0.25, 0.3) is 0 Å². The second-order valence-corrected chi connectivity index (χ2v) is 5.63. The third kappa shape index (κ3) is 7.92. The number of aliphatic imine (C=N–C) groups is 2. The molecule has 0 radical (unpaired) electrons. The molecule has 0 saturated carbocycles. The van der Waals surface area contributed by atoms with Crippen LogP contribution in [-0.4, -0.2) is 49.0 Å². The van der Waals surface area contributed by atoms with Gasteiger partial charge >= 0.3 is 6.36 Å². The predicted molar refractivity (Wildman–Crippen MR) is 99.5 cm³/mol. The maximum absolute atomic E-state index is 12.3. The highest BCUT2D eigenvalue weighted by molar-refractivity contribution is 5.94. The number of likely N-dealkylation sites (tertiary alicyclic amines) is 1. The van der Waals surface area contributed by atoms with Crippen LogP contribution in [0.1, 0.15) is 19.8 Å². The Morgan fingerprint density at radius 2 is 1.93 bits per heavy atom. The quantitative estimate of drug-likeness (QED) is 0.588. The molecule has 2 rings (SSSR count). The molecule has 1 aliphatic heterocycles. The lowest BCUT2D eigenvalue weighted by atomic mass is 10.1. The van der Waals surface area contributed by atoms with Crippen molar-refractivity contribution in [3.05, 3.63) is 24.3 Å². The number of hydrogen-bond donors (Lipinski definition) is 2. The Balaban J connectivity index is 0.00000364. The van der Waals surface area contributed by atoms with Crippen LogP contribution >= 0.6 is 12.4 Å². The third-order valence-electron chi connectivity index (χ3n) is 3.69. The maximum Gasteiger partial charge on any atom is 0.573 e. The summed E-state index contributed by atoms with van der Waals surface area (Å²) in [4.78, 5) is 9.83. The molecular weight excluding hydrogens is 387 g/mol. The van der Waals surface area contributed by atoms with Crippen LogP contribution in [0.5, 0.6) is 5.75 Å². The Bertz CT molecular complexity index is 662. The highest BCUT2D eigenvalue weighted by Gasteiger charge is 2.31.